The van der Waals surface area contributed by atoms with Crippen LogP contribution in [0.4, 0.5) is 0 Å². The highest BCUT2D eigenvalue weighted by Gasteiger charge is 2.22. The van der Waals surface area contributed by atoms with Crippen molar-refractivity contribution >= 4 is 0 Å². The Bertz CT molecular complexity index is 665. The molecule has 25 heavy (non-hydrogen) atoms. The molecule has 0 aliphatic heterocycles. The van der Waals surface area contributed by atoms with E-state index in [-0.39, 0.29) is 0 Å². The summed E-state index contributed by atoms with van der Waals surface area (Å²) in [6.45, 7) is 0. The minimum absolute atomic E-state index is 0.550. The molecule has 0 amide bonds. The topological polar surface area (TPSA) is 55.4 Å². The normalized spacial score (nSPS) is 10.2. The van der Waals surface area contributed by atoms with Crippen LogP contribution in [0.25, 0.3) is 0 Å². The summed E-state index contributed by atoms with van der Waals surface area (Å²) in [6, 6.07) is 7.20. The molecule has 2 rings (SSSR count). The van der Waals surface area contributed by atoms with Crippen LogP contribution in [0.3, 0.4) is 0 Å². The Morgan fingerprint density at radius 1 is 0.480 bits per heavy atom. The van der Waals surface area contributed by atoms with Gasteiger partial charge in [-0.2, -0.15) is 0 Å². The molecular weight excluding hydrogens is 324 g/mol. The lowest BCUT2D eigenvalue weighted by Crippen LogP contribution is -2.03. The van der Waals surface area contributed by atoms with Gasteiger partial charge in [0.25, 0.3) is 0 Å². The lowest BCUT2D eigenvalue weighted by Gasteiger charge is -2.19. The molecule has 2 aromatic carbocycles. The summed E-state index contributed by atoms with van der Waals surface area (Å²) < 4.78 is 32.8. The summed E-state index contributed by atoms with van der Waals surface area (Å²) in [5.41, 5.74) is 1.41. The van der Waals surface area contributed by atoms with Crippen LogP contribution in [-0.4, -0.2) is 42.7 Å². The molecule has 0 bridgehead atoms. The number of rotatable bonds is 8. The van der Waals surface area contributed by atoms with Crippen molar-refractivity contribution in [2.75, 3.05) is 42.7 Å². The molecule has 0 atom stereocenters. The van der Waals surface area contributed by atoms with Gasteiger partial charge >= 0.3 is 0 Å². The number of benzene rings is 2. The Labute approximate surface area is 148 Å². The van der Waals surface area contributed by atoms with Crippen molar-refractivity contribution in [3.05, 3.63) is 41.8 Å². The first-order valence-corrected chi connectivity index (χ1v) is 7.57. The number of ether oxygens (including phenoxy) is 6. The van der Waals surface area contributed by atoms with Crippen LogP contribution in [0.2, 0.25) is 0 Å². The molecule has 0 unspecified atom stereocenters. The van der Waals surface area contributed by atoms with Gasteiger partial charge in [0, 0.05) is 17.5 Å². The Hall–Kier alpha value is -2.76. The average Bonchev–Trinajstić information content (AvgIpc) is 2.66. The van der Waals surface area contributed by atoms with Crippen LogP contribution >= 0.6 is 0 Å². The standard InChI is InChI=1S/C19H23O6/c1-20-14-7-9-16(22-3)18(24-5)12(14)11-13-15(21-2)8-10-17(23-4)19(13)25-6/h7-11H,1-6H3. The fraction of sp³-hybridized carbons (Fsp3) is 0.316. The molecule has 0 aliphatic carbocycles. The molecule has 0 saturated heterocycles. The smallest absolute Gasteiger partial charge is 0.168 e. The minimum Gasteiger partial charge on any atom is -0.496 e. The summed E-state index contributed by atoms with van der Waals surface area (Å²) in [4.78, 5) is 0. The van der Waals surface area contributed by atoms with E-state index in [0.717, 1.165) is 0 Å². The molecule has 0 spiro atoms. The van der Waals surface area contributed by atoms with Gasteiger partial charge < -0.3 is 28.4 Å². The molecule has 0 saturated carbocycles. The molecule has 0 heterocycles. The van der Waals surface area contributed by atoms with Crippen LogP contribution < -0.4 is 28.4 Å². The summed E-state index contributed by atoms with van der Waals surface area (Å²) in [5.74, 6) is 3.54. The van der Waals surface area contributed by atoms with Gasteiger partial charge in [-0.1, -0.05) is 0 Å². The zero-order chi connectivity index (χ0) is 18.4. The summed E-state index contributed by atoms with van der Waals surface area (Å²) in [7, 11) is 9.52. The maximum Gasteiger partial charge on any atom is 0.168 e. The first-order chi connectivity index (χ1) is 12.1. The first-order valence-electron chi connectivity index (χ1n) is 7.57. The summed E-state index contributed by atoms with van der Waals surface area (Å²) >= 11 is 0. The third-order valence-electron chi connectivity index (χ3n) is 3.82. The molecule has 0 aromatic heterocycles. The second kappa shape index (κ2) is 8.37. The second-order valence-electron chi connectivity index (χ2n) is 4.98. The lowest BCUT2D eigenvalue weighted by molar-refractivity contribution is 0.343. The van der Waals surface area contributed by atoms with Gasteiger partial charge in [0.15, 0.2) is 23.0 Å². The van der Waals surface area contributed by atoms with E-state index in [9.17, 15) is 0 Å². The van der Waals surface area contributed by atoms with E-state index in [1.165, 1.54) is 0 Å². The summed E-state index contributed by atoms with van der Waals surface area (Å²) in [5, 5.41) is 0. The predicted octanol–water partition coefficient (Wildman–Crippen LogP) is 3.34. The molecule has 135 valence electrons. The Balaban J connectivity index is 2.67. The van der Waals surface area contributed by atoms with Crippen molar-refractivity contribution in [2.24, 2.45) is 0 Å². The van der Waals surface area contributed by atoms with Crippen molar-refractivity contribution in [1.29, 1.82) is 0 Å². The SMILES string of the molecule is COc1ccc(OC)c(OC)c1[CH]c1c(OC)ccc(OC)c1OC. The molecule has 6 heteroatoms. The van der Waals surface area contributed by atoms with Crippen LogP contribution in [0.1, 0.15) is 11.1 Å². The van der Waals surface area contributed by atoms with Crippen molar-refractivity contribution in [3.63, 3.8) is 0 Å². The second-order valence-corrected chi connectivity index (χ2v) is 4.98. The highest BCUT2D eigenvalue weighted by Crippen LogP contribution is 2.45. The fourth-order valence-corrected chi connectivity index (χ4v) is 2.64. The molecule has 0 aliphatic rings. The molecular formula is C19H23O6. The summed E-state index contributed by atoms with van der Waals surface area (Å²) in [6.07, 6.45) is 1.86. The van der Waals surface area contributed by atoms with E-state index in [4.69, 9.17) is 28.4 Å². The van der Waals surface area contributed by atoms with E-state index in [2.05, 4.69) is 0 Å². The molecule has 0 fully saturated rings. The maximum atomic E-state index is 5.54. The monoisotopic (exact) mass is 347 g/mol. The van der Waals surface area contributed by atoms with Crippen molar-refractivity contribution in [3.8, 4) is 34.5 Å². The van der Waals surface area contributed by atoms with Gasteiger partial charge in [-0.3, -0.25) is 0 Å². The number of hydrogen-bond acceptors (Lipinski definition) is 6. The fourth-order valence-electron chi connectivity index (χ4n) is 2.64. The first kappa shape index (κ1) is 18.6. The van der Waals surface area contributed by atoms with Crippen molar-refractivity contribution in [1.82, 2.24) is 0 Å². The Morgan fingerprint density at radius 3 is 1.08 bits per heavy atom. The molecule has 6 nitrogen and oxygen atoms in total. The van der Waals surface area contributed by atoms with Crippen molar-refractivity contribution < 1.29 is 28.4 Å². The zero-order valence-electron chi connectivity index (χ0n) is 15.3. The average molecular weight is 347 g/mol. The highest BCUT2D eigenvalue weighted by molar-refractivity contribution is 5.66. The van der Waals surface area contributed by atoms with E-state index in [1.807, 2.05) is 18.6 Å². The predicted molar refractivity (Wildman–Crippen MR) is 94.7 cm³/mol. The van der Waals surface area contributed by atoms with Gasteiger partial charge in [0.1, 0.15) is 11.5 Å². The minimum atomic E-state index is 0.550. The number of hydrogen-bond donors (Lipinski definition) is 0. The number of methoxy groups -OCH3 is 6. The van der Waals surface area contributed by atoms with E-state index in [1.54, 1.807) is 54.8 Å². The van der Waals surface area contributed by atoms with Crippen LogP contribution in [0.15, 0.2) is 24.3 Å². The van der Waals surface area contributed by atoms with E-state index < -0.39 is 0 Å². The third-order valence-corrected chi connectivity index (χ3v) is 3.82. The van der Waals surface area contributed by atoms with Crippen LogP contribution in [-0.2, 0) is 0 Å². The van der Waals surface area contributed by atoms with Gasteiger partial charge in [-0.05, 0) is 24.3 Å². The van der Waals surface area contributed by atoms with Crippen molar-refractivity contribution in [2.45, 2.75) is 0 Å². The van der Waals surface area contributed by atoms with Gasteiger partial charge in [0.2, 0.25) is 0 Å². The van der Waals surface area contributed by atoms with E-state index in [0.29, 0.717) is 45.6 Å². The van der Waals surface area contributed by atoms with Crippen LogP contribution in [0.5, 0.6) is 34.5 Å². The van der Waals surface area contributed by atoms with Gasteiger partial charge in [0.05, 0.1) is 42.7 Å². The molecule has 2 aromatic rings. The van der Waals surface area contributed by atoms with E-state index >= 15 is 0 Å². The van der Waals surface area contributed by atoms with Gasteiger partial charge in [-0.15, -0.1) is 0 Å². The zero-order valence-corrected chi connectivity index (χ0v) is 15.3. The molecule has 1 radical (unpaired) electrons. The lowest BCUT2D eigenvalue weighted by atomic mass is 10.00. The maximum absolute atomic E-state index is 5.54. The van der Waals surface area contributed by atoms with Gasteiger partial charge in [-0.25, -0.2) is 0 Å². The highest BCUT2D eigenvalue weighted by atomic mass is 16.5. The molecule has 0 N–H and O–H groups in total. The largest absolute Gasteiger partial charge is 0.496 e. The Morgan fingerprint density at radius 2 is 0.800 bits per heavy atom. The Kier molecular flexibility index (Phi) is 6.22. The van der Waals surface area contributed by atoms with Crippen LogP contribution in [0, 0.1) is 6.42 Å². The third kappa shape index (κ3) is 3.52. The quantitative estimate of drug-likeness (QED) is 0.730.